The van der Waals surface area contributed by atoms with Gasteiger partial charge in [0.1, 0.15) is 0 Å². The number of nitrogens with zero attached hydrogens (tertiary/aromatic N) is 1. The highest BCUT2D eigenvalue weighted by atomic mass is 32.1. The Labute approximate surface area is 115 Å². The lowest BCUT2D eigenvalue weighted by Gasteiger charge is -2.31. The second kappa shape index (κ2) is 7.27. The van der Waals surface area contributed by atoms with Crippen molar-refractivity contribution in [2.24, 2.45) is 5.92 Å². The van der Waals surface area contributed by atoms with Gasteiger partial charge in [-0.05, 0) is 50.2 Å². The van der Waals surface area contributed by atoms with Gasteiger partial charge in [-0.25, -0.2) is 0 Å². The molecule has 18 heavy (non-hydrogen) atoms. The van der Waals surface area contributed by atoms with E-state index in [0.717, 1.165) is 12.5 Å². The molecule has 102 valence electrons. The zero-order valence-electron chi connectivity index (χ0n) is 11.7. The van der Waals surface area contributed by atoms with Gasteiger partial charge < -0.3 is 10.2 Å². The van der Waals surface area contributed by atoms with Crippen molar-refractivity contribution in [3.05, 3.63) is 22.4 Å². The normalized spacial score (nSPS) is 20.1. The maximum atomic E-state index is 3.63. The molecule has 1 unspecified atom stereocenters. The van der Waals surface area contributed by atoms with Crippen molar-refractivity contribution in [3.63, 3.8) is 0 Å². The van der Waals surface area contributed by atoms with Gasteiger partial charge in [0.15, 0.2) is 0 Å². The molecule has 0 spiro atoms. The van der Waals surface area contributed by atoms with Crippen molar-refractivity contribution in [1.29, 1.82) is 0 Å². The third-order valence-electron chi connectivity index (χ3n) is 4.13. The minimum Gasteiger partial charge on any atom is -0.308 e. The zero-order valence-corrected chi connectivity index (χ0v) is 12.5. The number of thiophene rings is 1. The summed E-state index contributed by atoms with van der Waals surface area (Å²) in [6.07, 6.45) is 4.16. The zero-order chi connectivity index (χ0) is 12.8. The van der Waals surface area contributed by atoms with Crippen molar-refractivity contribution in [3.8, 4) is 0 Å². The third kappa shape index (κ3) is 4.08. The van der Waals surface area contributed by atoms with Crippen LogP contribution in [-0.2, 0) is 0 Å². The number of nitrogens with one attached hydrogen (secondary N) is 1. The van der Waals surface area contributed by atoms with Gasteiger partial charge >= 0.3 is 0 Å². The Kier molecular flexibility index (Phi) is 5.67. The van der Waals surface area contributed by atoms with Crippen LogP contribution in [0.2, 0.25) is 0 Å². The Morgan fingerprint density at radius 1 is 1.44 bits per heavy atom. The highest BCUT2D eigenvalue weighted by molar-refractivity contribution is 7.10. The highest BCUT2D eigenvalue weighted by Gasteiger charge is 2.17. The second-order valence-corrected chi connectivity index (χ2v) is 6.36. The minimum absolute atomic E-state index is 0.498. The summed E-state index contributed by atoms with van der Waals surface area (Å²) in [5, 5.41) is 5.78. The molecule has 1 atom stereocenters. The van der Waals surface area contributed by atoms with E-state index < -0.39 is 0 Å². The molecule has 1 N–H and O–H groups in total. The Hall–Kier alpha value is -0.380. The molecule has 1 aromatic heterocycles. The molecule has 2 rings (SSSR count). The minimum atomic E-state index is 0.498. The van der Waals surface area contributed by atoms with Crippen LogP contribution >= 0.6 is 11.3 Å². The van der Waals surface area contributed by atoms with Gasteiger partial charge in [-0.15, -0.1) is 11.3 Å². The average Bonchev–Trinajstić information content (AvgIpc) is 2.93. The first-order valence-electron chi connectivity index (χ1n) is 7.28. The van der Waals surface area contributed by atoms with E-state index in [4.69, 9.17) is 0 Å². The van der Waals surface area contributed by atoms with Crippen LogP contribution in [0.5, 0.6) is 0 Å². The summed E-state index contributed by atoms with van der Waals surface area (Å²) >= 11 is 1.84. The van der Waals surface area contributed by atoms with Gasteiger partial charge in [-0.3, -0.25) is 0 Å². The Morgan fingerprint density at radius 2 is 2.22 bits per heavy atom. The molecular weight excluding hydrogens is 240 g/mol. The van der Waals surface area contributed by atoms with Crippen molar-refractivity contribution in [2.75, 3.05) is 26.2 Å². The SMILES string of the molecule is CCC1CCN(CCNC(C)c2cccs2)CC1. The van der Waals surface area contributed by atoms with Crippen LogP contribution < -0.4 is 5.32 Å². The first-order valence-corrected chi connectivity index (χ1v) is 8.16. The molecule has 1 aliphatic heterocycles. The molecule has 0 radical (unpaired) electrons. The third-order valence-corrected chi connectivity index (χ3v) is 5.19. The van der Waals surface area contributed by atoms with Crippen LogP contribution in [0, 0.1) is 5.92 Å². The number of piperidine rings is 1. The maximum Gasteiger partial charge on any atom is 0.0386 e. The first-order chi connectivity index (χ1) is 8.79. The molecule has 0 aromatic carbocycles. The fourth-order valence-corrected chi connectivity index (χ4v) is 3.45. The van der Waals surface area contributed by atoms with Crippen LogP contribution in [0.3, 0.4) is 0 Å². The standard InChI is InChI=1S/C15H26N2S/c1-3-14-6-9-17(10-7-14)11-8-16-13(2)15-5-4-12-18-15/h4-5,12-14,16H,3,6-11H2,1-2H3. The molecule has 1 saturated heterocycles. The van der Waals surface area contributed by atoms with Crippen molar-refractivity contribution >= 4 is 11.3 Å². The smallest absolute Gasteiger partial charge is 0.0386 e. The molecule has 0 saturated carbocycles. The van der Waals surface area contributed by atoms with E-state index in [0.29, 0.717) is 6.04 Å². The molecule has 2 heterocycles. The van der Waals surface area contributed by atoms with Crippen molar-refractivity contribution < 1.29 is 0 Å². The molecule has 1 fully saturated rings. The molecule has 0 aliphatic carbocycles. The van der Waals surface area contributed by atoms with Crippen LogP contribution in [0.1, 0.15) is 44.0 Å². The molecular formula is C15H26N2S. The van der Waals surface area contributed by atoms with Gasteiger partial charge in [0.2, 0.25) is 0 Å². The first kappa shape index (κ1) is 14.0. The van der Waals surface area contributed by atoms with Gasteiger partial charge in [-0.2, -0.15) is 0 Å². The average molecular weight is 266 g/mol. The molecule has 3 heteroatoms. The predicted octanol–water partition coefficient (Wildman–Crippen LogP) is 3.52. The topological polar surface area (TPSA) is 15.3 Å². The Bertz CT molecular complexity index is 315. The lowest BCUT2D eigenvalue weighted by molar-refractivity contribution is 0.181. The van der Waals surface area contributed by atoms with Crippen LogP contribution in [0.15, 0.2) is 17.5 Å². The number of likely N-dealkylation sites (tertiary alicyclic amines) is 1. The maximum absolute atomic E-state index is 3.63. The number of rotatable bonds is 6. The van der Waals surface area contributed by atoms with Gasteiger partial charge in [-0.1, -0.05) is 19.4 Å². The summed E-state index contributed by atoms with van der Waals surface area (Å²) in [4.78, 5) is 4.06. The molecule has 0 amide bonds. The summed E-state index contributed by atoms with van der Waals surface area (Å²) in [5.74, 6) is 0.985. The van der Waals surface area contributed by atoms with Crippen LogP contribution in [-0.4, -0.2) is 31.1 Å². The summed E-state index contributed by atoms with van der Waals surface area (Å²) in [6.45, 7) is 9.49. The second-order valence-electron chi connectivity index (χ2n) is 5.38. The van der Waals surface area contributed by atoms with E-state index in [1.807, 2.05) is 11.3 Å². The fourth-order valence-electron chi connectivity index (χ4n) is 2.70. The molecule has 0 bridgehead atoms. The van der Waals surface area contributed by atoms with Crippen molar-refractivity contribution in [1.82, 2.24) is 10.2 Å². The molecule has 1 aliphatic rings. The van der Waals surface area contributed by atoms with Gasteiger partial charge in [0.05, 0.1) is 0 Å². The van der Waals surface area contributed by atoms with E-state index in [1.165, 1.54) is 43.8 Å². The largest absolute Gasteiger partial charge is 0.308 e. The van der Waals surface area contributed by atoms with Crippen molar-refractivity contribution in [2.45, 2.75) is 39.2 Å². The van der Waals surface area contributed by atoms with E-state index in [9.17, 15) is 0 Å². The monoisotopic (exact) mass is 266 g/mol. The highest BCUT2D eigenvalue weighted by Crippen LogP contribution is 2.20. The predicted molar refractivity (Wildman–Crippen MR) is 80.2 cm³/mol. The fraction of sp³-hybridized carbons (Fsp3) is 0.733. The summed E-state index contributed by atoms with van der Waals surface area (Å²) < 4.78 is 0. The van der Waals surface area contributed by atoms with E-state index in [2.05, 4.69) is 41.6 Å². The van der Waals surface area contributed by atoms with Crippen LogP contribution in [0.25, 0.3) is 0 Å². The lowest BCUT2D eigenvalue weighted by Crippen LogP contribution is -2.38. The van der Waals surface area contributed by atoms with E-state index in [1.54, 1.807) is 0 Å². The summed E-state index contributed by atoms with van der Waals surface area (Å²) in [6, 6.07) is 4.85. The van der Waals surface area contributed by atoms with E-state index >= 15 is 0 Å². The molecule has 2 nitrogen and oxygen atoms in total. The van der Waals surface area contributed by atoms with Gasteiger partial charge in [0, 0.05) is 24.0 Å². The Balaban J connectivity index is 1.61. The molecule has 1 aromatic rings. The summed E-state index contributed by atoms with van der Waals surface area (Å²) in [5.41, 5.74) is 0. The number of hydrogen-bond acceptors (Lipinski definition) is 3. The lowest BCUT2D eigenvalue weighted by atomic mass is 9.94. The van der Waals surface area contributed by atoms with Crippen LogP contribution in [0.4, 0.5) is 0 Å². The quantitative estimate of drug-likeness (QED) is 0.847. The van der Waals surface area contributed by atoms with E-state index in [-0.39, 0.29) is 0 Å². The van der Waals surface area contributed by atoms with Gasteiger partial charge in [0.25, 0.3) is 0 Å². The Morgan fingerprint density at radius 3 is 2.83 bits per heavy atom. The number of hydrogen-bond donors (Lipinski definition) is 1. The summed E-state index contributed by atoms with van der Waals surface area (Å²) in [7, 11) is 0.